The smallest absolute Gasteiger partial charge is 0.000934 e. The van der Waals surface area contributed by atoms with Crippen LogP contribution in [0.15, 0.2) is 0 Å². The monoisotopic (exact) mass is 212 g/mol. The average Bonchev–Trinajstić information content (AvgIpc) is 2.20. The molecule has 1 fully saturated rings. The van der Waals surface area contributed by atoms with Crippen molar-refractivity contribution in [1.82, 2.24) is 10.2 Å². The Bertz CT molecular complexity index is 151. The predicted molar refractivity (Wildman–Crippen MR) is 67.2 cm³/mol. The molecular weight excluding hydrogens is 184 g/mol. The van der Waals surface area contributed by atoms with E-state index in [0.29, 0.717) is 0 Å². The van der Waals surface area contributed by atoms with Crippen LogP contribution in [0.1, 0.15) is 40.0 Å². The molecule has 2 nitrogen and oxygen atoms in total. The summed E-state index contributed by atoms with van der Waals surface area (Å²) in [7, 11) is 0. The zero-order chi connectivity index (χ0) is 11.1. The third-order valence-corrected chi connectivity index (χ3v) is 3.84. The second-order valence-corrected chi connectivity index (χ2v) is 4.89. The van der Waals surface area contributed by atoms with E-state index < -0.39 is 0 Å². The second kappa shape index (κ2) is 7.24. The molecule has 0 amide bonds. The second-order valence-electron chi connectivity index (χ2n) is 4.89. The van der Waals surface area contributed by atoms with E-state index in [-0.39, 0.29) is 0 Å². The minimum Gasteiger partial charge on any atom is -0.316 e. The van der Waals surface area contributed by atoms with Crippen LogP contribution in [0.3, 0.4) is 0 Å². The number of rotatable bonds is 8. The Balaban J connectivity index is 2.15. The standard InChI is InChI=1S/C13H28N2/c1-4-12(5-2)11-15(6-3)8-7-13-9-14-10-13/h12-14H,4-11H2,1-3H3. The van der Waals surface area contributed by atoms with Crippen molar-refractivity contribution in [3.05, 3.63) is 0 Å². The van der Waals surface area contributed by atoms with Gasteiger partial charge in [0, 0.05) is 6.54 Å². The SMILES string of the molecule is CCC(CC)CN(CC)CCC1CNC1. The Morgan fingerprint density at radius 2 is 1.87 bits per heavy atom. The molecule has 0 spiro atoms. The highest BCUT2D eigenvalue weighted by atomic mass is 15.1. The summed E-state index contributed by atoms with van der Waals surface area (Å²) in [5, 5.41) is 3.35. The molecule has 0 aliphatic carbocycles. The van der Waals surface area contributed by atoms with Gasteiger partial charge < -0.3 is 10.2 Å². The largest absolute Gasteiger partial charge is 0.316 e. The van der Waals surface area contributed by atoms with Crippen LogP contribution in [0.5, 0.6) is 0 Å². The number of hydrogen-bond acceptors (Lipinski definition) is 2. The molecule has 1 aliphatic heterocycles. The molecule has 15 heavy (non-hydrogen) atoms. The lowest BCUT2D eigenvalue weighted by atomic mass is 9.98. The summed E-state index contributed by atoms with van der Waals surface area (Å²) in [6, 6.07) is 0. The zero-order valence-electron chi connectivity index (χ0n) is 10.8. The highest BCUT2D eigenvalue weighted by Gasteiger charge is 2.18. The van der Waals surface area contributed by atoms with E-state index in [1.807, 2.05) is 0 Å². The Kier molecular flexibility index (Phi) is 6.26. The van der Waals surface area contributed by atoms with Gasteiger partial charge in [-0.1, -0.05) is 33.6 Å². The van der Waals surface area contributed by atoms with E-state index in [9.17, 15) is 0 Å². The van der Waals surface area contributed by atoms with Crippen LogP contribution >= 0.6 is 0 Å². The van der Waals surface area contributed by atoms with Crippen molar-refractivity contribution in [1.29, 1.82) is 0 Å². The minimum atomic E-state index is 0.907. The van der Waals surface area contributed by atoms with Crippen molar-refractivity contribution >= 4 is 0 Å². The molecule has 0 atom stereocenters. The highest BCUT2D eigenvalue weighted by molar-refractivity contribution is 4.76. The summed E-state index contributed by atoms with van der Waals surface area (Å²) in [6.45, 7) is 13.3. The fourth-order valence-electron chi connectivity index (χ4n) is 2.21. The molecule has 1 saturated heterocycles. The average molecular weight is 212 g/mol. The Morgan fingerprint density at radius 1 is 1.20 bits per heavy atom. The highest BCUT2D eigenvalue weighted by Crippen LogP contribution is 2.13. The molecule has 0 unspecified atom stereocenters. The van der Waals surface area contributed by atoms with Crippen molar-refractivity contribution in [3.8, 4) is 0 Å². The predicted octanol–water partition coefficient (Wildman–Crippen LogP) is 2.35. The molecule has 0 saturated carbocycles. The van der Waals surface area contributed by atoms with E-state index in [4.69, 9.17) is 0 Å². The Hall–Kier alpha value is -0.0800. The quantitative estimate of drug-likeness (QED) is 0.664. The van der Waals surface area contributed by atoms with Crippen molar-refractivity contribution < 1.29 is 0 Å². The van der Waals surface area contributed by atoms with Crippen molar-refractivity contribution in [2.24, 2.45) is 11.8 Å². The van der Waals surface area contributed by atoms with Gasteiger partial charge in [-0.15, -0.1) is 0 Å². The van der Waals surface area contributed by atoms with E-state index >= 15 is 0 Å². The van der Waals surface area contributed by atoms with Crippen LogP contribution in [0, 0.1) is 11.8 Å². The van der Waals surface area contributed by atoms with E-state index in [0.717, 1.165) is 11.8 Å². The summed E-state index contributed by atoms with van der Waals surface area (Å²) in [4.78, 5) is 2.63. The van der Waals surface area contributed by atoms with Crippen LogP contribution in [0.2, 0.25) is 0 Å². The molecule has 0 aromatic carbocycles. The van der Waals surface area contributed by atoms with Gasteiger partial charge in [0.1, 0.15) is 0 Å². The summed E-state index contributed by atoms with van der Waals surface area (Å²) < 4.78 is 0. The molecular formula is C13H28N2. The van der Waals surface area contributed by atoms with E-state index in [1.165, 1.54) is 52.0 Å². The van der Waals surface area contributed by atoms with Gasteiger partial charge in [-0.2, -0.15) is 0 Å². The summed E-state index contributed by atoms with van der Waals surface area (Å²) in [5.41, 5.74) is 0. The van der Waals surface area contributed by atoms with Gasteiger partial charge in [-0.3, -0.25) is 0 Å². The van der Waals surface area contributed by atoms with Crippen LogP contribution in [0.25, 0.3) is 0 Å². The van der Waals surface area contributed by atoms with Crippen LogP contribution in [-0.2, 0) is 0 Å². The molecule has 0 bridgehead atoms. The summed E-state index contributed by atoms with van der Waals surface area (Å²) in [5.74, 6) is 1.87. The molecule has 0 aromatic heterocycles. The van der Waals surface area contributed by atoms with Crippen molar-refractivity contribution in [2.45, 2.75) is 40.0 Å². The third kappa shape index (κ3) is 4.52. The van der Waals surface area contributed by atoms with E-state index in [2.05, 4.69) is 31.0 Å². The normalized spacial score (nSPS) is 17.4. The van der Waals surface area contributed by atoms with Crippen molar-refractivity contribution in [2.75, 3.05) is 32.7 Å². The van der Waals surface area contributed by atoms with E-state index in [1.54, 1.807) is 0 Å². The Labute approximate surface area is 95.4 Å². The molecule has 1 aliphatic rings. The van der Waals surface area contributed by atoms with Gasteiger partial charge in [0.05, 0.1) is 0 Å². The van der Waals surface area contributed by atoms with Gasteiger partial charge in [0.15, 0.2) is 0 Å². The maximum atomic E-state index is 3.35. The first-order valence-corrected chi connectivity index (χ1v) is 6.73. The molecule has 0 aromatic rings. The zero-order valence-corrected chi connectivity index (χ0v) is 10.8. The van der Waals surface area contributed by atoms with Crippen LogP contribution < -0.4 is 5.32 Å². The Morgan fingerprint density at radius 3 is 2.27 bits per heavy atom. The fourth-order valence-corrected chi connectivity index (χ4v) is 2.21. The van der Waals surface area contributed by atoms with Crippen molar-refractivity contribution in [3.63, 3.8) is 0 Å². The first-order valence-electron chi connectivity index (χ1n) is 6.73. The number of nitrogens with one attached hydrogen (secondary N) is 1. The van der Waals surface area contributed by atoms with Gasteiger partial charge >= 0.3 is 0 Å². The minimum absolute atomic E-state index is 0.907. The lowest BCUT2D eigenvalue weighted by Gasteiger charge is -2.31. The third-order valence-electron chi connectivity index (χ3n) is 3.84. The number of hydrogen-bond donors (Lipinski definition) is 1. The summed E-state index contributed by atoms with van der Waals surface area (Å²) >= 11 is 0. The van der Waals surface area contributed by atoms with Crippen LogP contribution in [-0.4, -0.2) is 37.6 Å². The molecule has 1 rings (SSSR count). The molecule has 1 N–H and O–H groups in total. The molecule has 90 valence electrons. The molecule has 1 heterocycles. The lowest BCUT2D eigenvalue weighted by molar-refractivity contribution is 0.202. The van der Waals surface area contributed by atoms with Gasteiger partial charge in [-0.05, 0) is 44.4 Å². The number of nitrogens with zero attached hydrogens (tertiary/aromatic N) is 1. The first kappa shape index (κ1) is 13.0. The van der Waals surface area contributed by atoms with Crippen LogP contribution in [0.4, 0.5) is 0 Å². The van der Waals surface area contributed by atoms with Gasteiger partial charge in [0.2, 0.25) is 0 Å². The first-order chi connectivity index (χ1) is 7.30. The molecule has 2 heteroatoms. The fraction of sp³-hybridized carbons (Fsp3) is 1.00. The van der Waals surface area contributed by atoms with Gasteiger partial charge in [0.25, 0.3) is 0 Å². The summed E-state index contributed by atoms with van der Waals surface area (Å²) in [6.07, 6.45) is 4.05. The molecule has 0 radical (unpaired) electrons. The topological polar surface area (TPSA) is 15.3 Å². The maximum absolute atomic E-state index is 3.35. The van der Waals surface area contributed by atoms with Gasteiger partial charge in [-0.25, -0.2) is 0 Å². The maximum Gasteiger partial charge on any atom is 0.000934 e. The lowest BCUT2D eigenvalue weighted by Crippen LogP contribution is -2.44.